The maximum Gasteiger partial charge on any atom is 0.242 e. The molecule has 2 aromatic rings. The number of ether oxygens (including phenoxy) is 3. The Balaban J connectivity index is 1.74. The molecule has 0 radical (unpaired) electrons. The highest BCUT2D eigenvalue weighted by molar-refractivity contribution is 7.10. The van der Waals surface area contributed by atoms with Gasteiger partial charge in [-0.3, -0.25) is 9.59 Å². The van der Waals surface area contributed by atoms with Crippen molar-refractivity contribution in [2.75, 3.05) is 47.6 Å². The van der Waals surface area contributed by atoms with E-state index in [9.17, 15) is 9.59 Å². The second-order valence-corrected chi connectivity index (χ2v) is 10.4. The van der Waals surface area contributed by atoms with Gasteiger partial charge in [0.25, 0.3) is 0 Å². The first-order valence-corrected chi connectivity index (χ1v) is 13.6. The SMILES string of the molecule is COCCCN(CC(=O)N(CCc1ccc(OC)c(OC)c1)Cc1sccc1C)C(=O)C1CCCC1. The minimum absolute atomic E-state index is 0.0213. The van der Waals surface area contributed by atoms with Gasteiger partial charge in [-0.05, 0) is 67.3 Å². The van der Waals surface area contributed by atoms with Gasteiger partial charge in [-0.1, -0.05) is 18.9 Å². The van der Waals surface area contributed by atoms with Crippen molar-refractivity contribution in [3.8, 4) is 11.5 Å². The Morgan fingerprint density at radius 2 is 1.75 bits per heavy atom. The van der Waals surface area contributed by atoms with E-state index in [1.54, 1.807) is 37.6 Å². The third kappa shape index (κ3) is 7.71. The second-order valence-electron chi connectivity index (χ2n) is 9.37. The average Bonchev–Trinajstić information content (AvgIpc) is 3.57. The summed E-state index contributed by atoms with van der Waals surface area (Å²) >= 11 is 1.66. The smallest absolute Gasteiger partial charge is 0.242 e. The topological polar surface area (TPSA) is 68.3 Å². The molecule has 2 amide bonds. The Labute approximate surface area is 219 Å². The van der Waals surface area contributed by atoms with Gasteiger partial charge >= 0.3 is 0 Å². The van der Waals surface area contributed by atoms with Gasteiger partial charge in [0.15, 0.2) is 11.5 Å². The maximum absolute atomic E-state index is 13.6. The van der Waals surface area contributed by atoms with Crippen molar-refractivity contribution in [2.24, 2.45) is 5.92 Å². The standard InChI is InChI=1S/C28H40N2O5S/c1-21-13-17-36-26(21)19-29(15-12-22-10-11-24(34-3)25(18-22)35-4)27(31)20-30(14-7-16-33-2)28(32)23-8-5-6-9-23/h10-11,13,17-18,23H,5-9,12,14-16,19-20H2,1-4H3. The number of hydrogen-bond donors (Lipinski definition) is 0. The van der Waals surface area contributed by atoms with Crippen LogP contribution in [0.2, 0.25) is 0 Å². The average molecular weight is 517 g/mol. The molecule has 1 aromatic carbocycles. The number of hydrogen-bond acceptors (Lipinski definition) is 6. The molecule has 0 spiro atoms. The van der Waals surface area contributed by atoms with Gasteiger partial charge in [-0.2, -0.15) is 0 Å². The molecule has 0 N–H and O–H groups in total. The van der Waals surface area contributed by atoms with Crippen molar-refractivity contribution >= 4 is 23.2 Å². The number of carbonyl (C=O) groups excluding carboxylic acids is 2. The van der Waals surface area contributed by atoms with Crippen LogP contribution in [0.5, 0.6) is 11.5 Å². The molecule has 0 bridgehead atoms. The van der Waals surface area contributed by atoms with E-state index in [1.165, 1.54) is 10.4 Å². The highest BCUT2D eigenvalue weighted by Crippen LogP contribution is 2.29. The van der Waals surface area contributed by atoms with Crippen molar-refractivity contribution < 1.29 is 23.8 Å². The largest absolute Gasteiger partial charge is 0.493 e. The Morgan fingerprint density at radius 3 is 2.39 bits per heavy atom. The fraction of sp³-hybridized carbons (Fsp3) is 0.571. The Kier molecular flexibility index (Phi) is 11.1. The molecule has 1 aliphatic carbocycles. The lowest BCUT2D eigenvalue weighted by Gasteiger charge is -2.29. The number of carbonyl (C=O) groups is 2. The number of amides is 2. The third-order valence-electron chi connectivity index (χ3n) is 6.89. The van der Waals surface area contributed by atoms with Gasteiger partial charge in [0.1, 0.15) is 0 Å². The first-order valence-electron chi connectivity index (χ1n) is 12.8. The van der Waals surface area contributed by atoms with E-state index in [-0.39, 0.29) is 24.3 Å². The quantitative estimate of drug-likeness (QED) is 0.341. The van der Waals surface area contributed by atoms with Gasteiger partial charge in [0, 0.05) is 37.6 Å². The molecule has 1 heterocycles. The van der Waals surface area contributed by atoms with Crippen LogP contribution < -0.4 is 9.47 Å². The van der Waals surface area contributed by atoms with Crippen molar-refractivity contribution in [3.63, 3.8) is 0 Å². The minimum atomic E-state index is -0.0213. The predicted molar refractivity (Wildman–Crippen MR) is 143 cm³/mol. The molecule has 0 atom stereocenters. The molecule has 198 valence electrons. The molecule has 1 aliphatic rings. The summed E-state index contributed by atoms with van der Waals surface area (Å²) in [6, 6.07) is 7.93. The number of methoxy groups -OCH3 is 3. The second kappa shape index (κ2) is 14.2. The highest BCUT2D eigenvalue weighted by atomic mass is 32.1. The zero-order chi connectivity index (χ0) is 25.9. The van der Waals surface area contributed by atoms with Crippen LogP contribution in [0.25, 0.3) is 0 Å². The van der Waals surface area contributed by atoms with Crippen LogP contribution in [0.3, 0.4) is 0 Å². The van der Waals surface area contributed by atoms with Crippen molar-refractivity contribution in [2.45, 2.75) is 52.0 Å². The molecule has 36 heavy (non-hydrogen) atoms. The molecule has 0 saturated heterocycles. The van der Waals surface area contributed by atoms with Crippen LogP contribution in [0, 0.1) is 12.8 Å². The molecule has 0 unspecified atom stereocenters. The molecule has 1 saturated carbocycles. The van der Waals surface area contributed by atoms with E-state index in [2.05, 4.69) is 18.4 Å². The fourth-order valence-corrected chi connectivity index (χ4v) is 5.61. The predicted octanol–water partition coefficient (Wildman–Crippen LogP) is 4.70. The molecular weight excluding hydrogens is 476 g/mol. The fourth-order valence-electron chi connectivity index (χ4n) is 4.69. The van der Waals surface area contributed by atoms with Gasteiger partial charge in [-0.25, -0.2) is 0 Å². The summed E-state index contributed by atoms with van der Waals surface area (Å²) in [5.74, 6) is 1.49. The van der Waals surface area contributed by atoms with Crippen LogP contribution in [0.4, 0.5) is 0 Å². The summed E-state index contributed by atoms with van der Waals surface area (Å²) < 4.78 is 16.0. The lowest BCUT2D eigenvalue weighted by Crippen LogP contribution is -2.45. The first-order chi connectivity index (χ1) is 17.5. The number of thiophene rings is 1. The molecule has 1 fully saturated rings. The van der Waals surface area contributed by atoms with E-state index < -0.39 is 0 Å². The van der Waals surface area contributed by atoms with Crippen molar-refractivity contribution in [3.05, 3.63) is 45.6 Å². The highest BCUT2D eigenvalue weighted by Gasteiger charge is 2.29. The van der Waals surface area contributed by atoms with E-state index in [4.69, 9.17) is 14.2 Å². The van der Waals surface area contributed by atoms with Crippen LogP contribution in [0.15, 0.2) is 29.6 Å². The molecule has 7 nitrogen and oxygen atoms in total. The maximum atomic E-state index is 13.6. The van der Waals surface area contributed by atoms with Crippen LogP contribution in [-0.4, -0.2) is 69.2 Å². The summed E-state index contributed by atoms with van der Waals surface area (Å²) in [7, 11) is 4.90. The zero-order valence-corrected chi connectivity index (χ0v) is 22.9. The van der Waals surface area contributed by atoms with E-state index in [1.807, 2.05) is 23.1 Å². The van der Waals surface area contributed by atoms with Crippen LogP contribution >= 0.6 is 11.3 Å². The van der Waals surface area contributed by atoms with Crippen molar-refractivity contribution in [1.29, 1.82) is 0 Å². The molecule has 0 aliphatic heterocycles. The van der Waals surface area contributed by atoms with Crippen LogP contribution in [0.1, 0.15) is 48.1 Å². The number of nitrogens with zero attached hydrogens (tertiary/aromatic N) is 2. The lowest BCUT2D eigenvalue weighted by atomic mass is 10.1. The lowest BCUT2D eigenvalue weighted by molar-refractivity contribution is -0.143. The van der Waals surface area contributed by atoms with Gasteiger partial charge in [-0.15, -0.1) is 11.3 Å². The molecule has 3 rings (SSSR count). The summed E-state index contributed by atoms with van der Waals surface area (Å²) in [5, 5.41) is 2.06. The summed E-state index contributed by atoms with van der Waals surface area (Å²) in [4.78, 5) is 31.7. The first kappa shape index (κ1) is 28.0. The molecular formula is C28H40N2O5S. The molecule has 8 heteroatoms. The summed E-state index contributed by atoms with van der Waals surface area (Å²) in [6.07, 6.45) is 5.42. The van der Waals surface area contributed by atoms with E-state index in [0.717, 1.165) is 37.7 Å². The van der Waals surface area contributed by atoms with E-state index in [0.29, 0.717) is 44.2 Å². The minimum Gasteiger partial charge on any atom is -0.493 e. The Bertz CT molecular complexity index is 986. The summed E-state index contributed by atoms with van der Waals surface area (Å²) in [5.41, 5.74) is 2.25. The Morgan fingerprint density at radius 1 is 1.00 bits per heavy atom. The number of benzene rings is 1. The number of aryl methyl sites for hydroxylation is 1. The normalized spacial score (nSPS) is 13.6. The summed E-state index contributed by atoms with van der Waals surface area (Å²) in [6.45, 7) is 4.38. The molecule has 1 aromatic heterocycles. The van der Waals surface area contributed by atoms with Gasteiger partial charge < -0.3 is 24.0 Å². The van der Waals surface area contributed by atoms with Gasteiger partial charge in [0.2, 0.25) is 11.8 Å². The van der Waals surface area contributed by atoms with Gasteiger partial charge in [0.05, 0.1) is 27.3 Å². The monoisotopic (exact) mass is 516 g/mol. The zero-order valence-electron chi connectivity index (χ0n) is 22.1. The van der Waals surface area contributed by atoms with E-state index >= 15 is 0 Å². The van der Waals surface area contributed by atoms with Crippen molar-refractivity contribution in [1.82, 2.24) is 9.80 Å². The third-order valence-corrected chi connectivity index (χ3v) is 7.90. The van der Waals surface area contributed by atoms with Crippen LogP contribution in [-0.2, 0) is 27.3 Å². The number of rotatable bonds is 14. The Hall–Kier alpha value is -2.58.